The molecule has 2 atom stereocenters. The summed E-state index contributed by atoms with van der Waals surface area (Å²) in [5.41, 5.74) is -1.92. The first-order valence-electron chi connectivity index (χ1n) is 12.8. The fourth-order valence-electron chi connectivity index (χ4n) is 5.84. The van der Waals surface area contributed by atoms with Gasteiger partial charge >= 0.3 is 0 Å². The lowest BCUT2D eigenvalue weighted by Crippen LogP contribution is -2.59. The molecule has 41 heavy (non-hydrogen) atoms. The lowest BCUT2D eigenvalue weighted by Gasteiger charge is -2.41. The molecule has 1 saturated heterocycles. The van der Waals surface area contributed by atoms with E-state index in [0.717, 1.165) is 0 Å². The van der Waals surface area contributed by atoms with E-state index >= 15 is 4.39 Å². The number of hydrogen-bond donors (Lipinski definition) is 0. The van der Waals surface area contributed by atoms with Gasteiger partial charge in [0.2, 0.25) is 5.91 Å². The molecule has 0 saturated carbocycles. The van der Waals surface area contributed by atoms with E-state index in [4.69, 9.17) is 21.1 Å². The van der Waals surface area contributed by atoms with E-state index < -0.39 is 33.3 Å². The minimum absolute atomic E-state index is 0.00322. The van der Waals surface area contributed by atoms with Crippen LogP contribution >= 0.6 is 11.6 Å². The highest BCUT2D eigenvalue weighted by atomic mass is 35.5. The van der Waals surface area contributed by atoms with Gasteiger partial charge in [0.05, 0.1) is 25.9 Å². The highest BCUT2D eigenvalue weighted by Gasteiger charge is 2.63. The molecule has 0 N–H and O–H groups in total. The number of carbonyl (C=O) groups excluding carboxylic acids is 2. The summed E-state index contributed by atoms with van der Waals surface area (Å²) in [5.74, 6) is -1.65. The zero-order valence-electron chi connectivity index (χ0n) is 22.9. The monoisotopic (exact) mass is 601 g/mol. The van der Waals surface area contributed by atoms with Crippen LogP contribution in [0.3, 0.4) is 0 Å². The number of fused-ring (bicyclic) bond motifs is 1. The van der Waals surface area contributed by atoms with E-state index in [1.165, 1.54) is 73.7 Å². The van der Waals surface area contributed by atoms with Crippen LogP contribution in [0.25, 0.3) is 0 Å². The number of ether oxygens (including phenoxy) is 2. The third-order valence-electron chi connectivity index (χ3n) is 7.62. The number of hydrogen-bond acceptors (Lipinski definition) is 7. The topological polar surface area (TPSA) is 96.5 Å². The van der Waals surface area contributed by atoms with Crippen molar-refractivity contribution in [3.63, 3.8) is 0 Å². The van der Waals surface area contributed by atoms with Crippen molar-refractivity contribution in [1.29, 1.82) is 0 Å². The summed E-state index contributed by atoms with van der Waals surface area (Å²) in [6, 6.07) is 13.4. The molecule has 0 aliphatic carbocycles. The van der Waals surface area contributed by atoms with Crippen molar-refractivity contribution < 1.29 is 31.9 Å². The molecule has 216 valence electrons. The minimum atomic E-state index is -4.64. The standard InChI is InChI=1S/C29H29ClFN3O6S/c1-32(2)27(35)24-10-7-15-33(24)29(20-8-5-6-9-22(20)31)21-16-18(30)11-13-23(21)34(28(29)36)41(37,38)26-14-12-19(39-3)17-25(26)40-4/h5-6,8-9,11-14,16-17,24H,7,10,15H2,1-4H3/t24-,29?/m0/s1. The van der Waals surface area contributed by atoms with Gasteiger partial charge in [0, 0.05) is 42.9 Å². The molecule has 3 aromatic carbocycles. The molecular formula is C29H29ClFN3O6S. The lowest BCUT2D eigenvalue weighted by atomic mass is 9.81. The number of benzene rings is 3. The van der Waals surface area contributed by atoms with Crippen LogP contribution in [0.15, 0.2) is 65.6 Å². The normalized spacial score (nSPS) is 20.7. The molecule has 0 spiro atoms. The number of methoxy groups -OCH3 is 2. The Kier molecular flexibility index (Phi) is 7.47. The number of likely N-dealkylation sites (N-methyl/N-ethyl adjacent to an activating group) is 1. The van der Waals surface area contributed by atoms with Crippen molar-refractivity contribution >= 4 is 39.1 Å². The van der Waals surface area contributed by atoms with Crippen LogP contribution in [0.2, 0.25) is 5.02 Å². The number of rotatable bonds is 7. The van der Waals surface area contributed by atoms with Gasteiger partial charge in [-0.25, -0.2) is 17.1 Å². The Bertz CT molecular complexity index is 1650. The molecule has 2 heterocycles. The third kappa shape index (κ3) is 4.34. The Morgan fingerprint density at radius 2 is 1.78 bits per heavy atom. The summed E-state index contributed by atoms with van der Waals surface area (Å²) in [7, 11) is 1.29. The van der Waals surface area contributed by atoms with E-state index in [1.807, 2.05) is 0 Å². The van der Waals surface area contributed by atoms with E-state index in [9.17, 15) is 18.0 Å². The third-order valence-corrected chi connectivity index (χ3v) is 9.59. The highest BCUT2D eigenvalue weighted by molar-refractivity contribution is 7.93. The van der Waals surface area contributed by atoms with Gasteiger partial charge in [0.1, 0.15) is 22.2 Å². The Balaban J connectivity index is 1.83. The SMILES string of the molecule is COc1ccc(S(=O)(=O)N2C(=O)C(c3ccccc3F)(N3CCC[C@H]3C(=O)N(C)C)c3cc(Cl)ccc32)c(OC)c1. The van der Waals surface area contributed by atoms with Crippen LogP contribution in [-0.4, -0.2) is 70.9 Å². The zero-order chi connectivity index (χ0) is 29.7. The van der Waals surface area contributed by atoms with Crippen LogP contribution in [0, 0.1) is 5.82 Å². The van der Waals surface area contributed by atoms with E-state index in [0.29, 0.717) is 22.9 Å². The summed E-state index contributed by atoms with van der Waals surface area (Å²) in [6.45, 7) is 0.232. The average Bonchev–Trinajstić information content (AvgIpc) is 3.53. The predicted molar refractivity (Wildman–Crippen MR) is 151 cm³/mol. The van der Waals surface area contributed by atoms with Gasteiger partial charge in [-0.3, -0.25) is 14.5 Å². The first-order valence-corrected chi connectivity index (χ1v) is 14.7. The largest absolute Gasteiger partial charge is 0.497 e. The molecule has 0 radical (unpaired) electrons. The maximum absolute atomic E-state index is 15.8. The van der Waals surface area contributed by atoms with Crippen molar-refractivity contribution in [2.75, 3.05) is 39.2 Å². The van der Waals surface area contributed by atoms with E-state index in [2.05, 4.69) is 0 Å². The van der Waals surface area contributed by atoms with Gasteiger partial charge in [-0.15, -0.1) is 0 Å². The summed E-state index contributed by atoms with van der Waals surface area (Å²) in [6.07, 6.45) is 0.929. The smallest absolute Gasteiger partial charge is 0.274 e. The van der Waals surface area contributed by atoms with Crippen LogP contribution in [0.5, 0.6) is 11.5 Å². The molecule has 5 rings (SSSR count). The number of sulfonamides is 1. The fourth-order valence-corrected chi connectivity index (χ4v) is 7.62. The first kappa shape index (κ1) is 28.8. The van der Waals surface area contributed by atoms with Gasteiger partial charge in [0.15, 0.2) is 5.54 Å². The lowest BCUT2D eigenvalue weighted by molar-refractivity contribution is -0.138. The number of anilines is 1. The highest BCUT2D eigenvalue weighted by Crippen LogP contribution is 2.54. The van der Waals surface area contributed by atoms with Gasteiger partial charge in [-0.05, 0) is 49.2 Å². The number of nitrogens with zero attached hydrogens (tertiary/aromatic N) is 3. The first-order chi connectivity index (χ1) is 19.5. The average molecular weight is 602 g/mol. The zero-order valence-corrected chi connectivity index (χ0v) is 24.5. The number of amides is 2. The summed E-state index contributed by atoms with van der Waals surface area (Å²) >= 11 is 6.44. The molecule has 0 bridgehead atoms. The predicted octanol–water partition coefficient (Wildman–Crippen LogP) is 4.03. The van der Waals surface area contributed by atoms with Crippen molar-refractivity contribution in [2.24, 2.45) is 0 Å². The van der Waals surface area contributed by atoms with E-state index in [1.54, 1.807) is 25.1 Å². The second-order valence-corrected chi connectivity index (χ2v) is 12.2. The van der Waals surface area contributed by atoms with Crippen LogP contribution in [0.1, 0.15) is 24.0 Å². The van der Waals surface area contributed by atoms with Crippen molar-refractivity contribution in [1.82, 2.24) is 9.80 Å². The molecule has 2 aliphatic heterocycles. The molecule has 3 aromatic rings. The Morgan fingerprint density at radius 3 is 2.44 bits per heavy atom. The van der Waals surface area contributed by atoms with Gasteiger partial charge in [0.25, 0.3) is 15.9 Å². The Morgan fingerprint density at radius 1 is 1.05 bits per heavy atom. The van der Waals surface area contributed by atoms with Crippen molar-refractivity contribution in [2.45, 2.75) is 29.3 Å². The molecule has 2 aliphatic rings. The molecular weight excluding hydrogens is 573 g/mol. The number of carbonyl (C=O) groups is 2. The number of likely N-dealkylation sites (tertiary alicyclic amines) is 1. The summed E-state index contributed by atoms with van der Waals surface area (Å²) in [5, 5.41) is 0.216. The van der Waals surface area contributed by atoms with Gasteiger partial charge in [-0.2, -0.15) is 0 Å². The Hall–Kier alpha value is -3.67. The summed E-state index contributed by atoms with van der Waals surface area (Å²) in [4.78, 5) is 31.1. The van der Waals surface area contributed by atoms with Gasteiger partial charge < -0.3 is 14.4 Å². The maximum atomic E-state index is 15.8. The Labute approximate surface area is 243 Å². The van der Waals surface area contributed by atoms with Crippen molar-refractivity contribution in [3.05, 3.63) is 82.6 Å². The van der Waals surface area contributed by atoms with Crippen LogP contribution < -0.4 is 13.8 Å². The second kappa shape index (κ2) is 10.6. The van der Waals surface area contributed by atoms with Crippen LogP contribution in [-0.2, 0) is 25.2 Å². The molecule has 1 fully saturated rings. The molecule has 1 unspecified atom stereocenters. The maximum Gasteiger partial charge on any atom is 0.274 e. The number of halogens is 2. The minimum Gasteiger partial charge on any atom is -0.497 e. The molecule has 0 aromatic heterocycles. The quantitative estimate of drug-likeness (QED) is 0.403. The second-order valence-electron chi connectivity index (χ2n) is 10.0. The molecule has 9 nitrogen and oxygen atoms in total. The van der Waals surface area contributed by atoms with Gasteiger partial charge in [-0.1, -0.05) is 29.8 Å². The summed E-state index contributed by atoms with van der Waals surface area (Å²) < 4.78 is 55.8. The molecule has 12 heteroatoms. The fraction of sp³-hybridized carbons (Fsp3) is 0.310. The molecule has 2 amide bonds. The van der Waals surface area contributed by atoms with Crippen LogP contribution in [0.4, 0.5) is 10.1 Å². The van der Waals surface area contributed by atoms with Crippen molar-refractivity contribution in [3.8, 4) is 11.5 Å². The van der Waals surface area contributed by atoms with E-state index in [-0.39, 0.29) is 44.9 Å².